The molecule has 0 spiro atoms. The molecule has 1 N–H and O–H groups in total. The Labute approximate surface area is 126 Å². The molecule has 1 aliphatic carbocycles. The number of rotatable bonds is 7. The third-order valence-corrected chi connectivity index (χ3v) is 5.68. The molecule has 2 fully saturated rings. The molecule has 0 aromatic rings. The number of nitrogens with zero attached hydrogens (tertiary/aromatic N) is 1. The fraction of sp³-hybridized carbons (Fsp3) is 1.00. The SMILES string of the molecule is CCCNCC1(CN2CCC(CC)CC2)CCCCC1. The molecule has 1 heterocycles. The van der Waals surface area contributed by atoms with E-state index in [1.54, 1.807) is 0 Å². The molecule has 2 rings (SSSR count). The molecule has 0 bridgehead atoms. The summed E-state index contributed by atoms with van der Waals surface area (Å²) in [5.41, 5.74) is 0.590. The minimum Gasteiger partial charge on any atom is -0.316 e. The Bertz CT molecular complexity index is 250. The normalized spacial score (nSPS) is 24.9. The Hall–Kier alpha value is -0.0800. The average Bonchev–Trinajstić information content (AvgIpc) is 2.49. The first kappa shape index (κ1) is 16.3. The summed E-state index contributed by atoms with van der Waals surface area (Å²) in [4.78, 5) is 2.78. The molecule has 118 valence electrons. The lowest BCUT2D eigenvalue weighted by Crippen LogP contribution is -2.47. The van der Waals surface area contributed by atoms with Gasteiger partial charge in [-0.15, -0.1) is 0 Å². The van der Waals surface area contributed by atoms with Crippen LogP contribution < -0.4 is 5.32 Å². The quantitative estimate of drug-likeness (QED) is 0.708. The molecule has 0 atom stereocenters. The van der Waals surface area contributed by atoms with Crippen LogP contribution in [0.25, 0.3) is 0 Å². The van der Waals surface area contributed by atoms with Crippen LogP contribution >= 0.6 is 0 Å². The highest BCUT2D eigenvalue weighted by atomic mass is 15.1. The zero-order valence-electron chi connectivity index (χ0n) is 13.9. The highest BCUT2D eigenvalue weighted by molar-refractivity contribution is 4.89. The molecule has 2 aliphatic rings. The molecule has 0 unspecified atom stereocenters. The summed E-state index contributed by atoms with van der Waals surface area (Å²) < 4.78 is 0. The van der Waals surface area contributed by atoms with E-state index in [0.717, 1.165) is 5.92 Å². The van der Waals surface area contributed by atoms with E-state index in [4.69, 9.17) is 0 Å². The minimum atomic E-state index is 0.590. The van der Waals surface area contributed by atoms with Gasteiger partial charge in [0.2, 0.25) is 0 Å². The molecule has 2 nitrogen and oxygen atoms in total. The molecule has 0 radical (unpaired) electrons. The van der Waals surface area contributed by atoms with Gasteiger partial charge in [0.05, 0.1) is 0 Å². The molecular weight excluding hydrogens is 244 g/mol. The Kier molecular flexibility index (Phi) is 6.83. The van der Waals surface area contributed by atoms with Gasteiger partial charge in [-0.1, -0.05) is 39.5 Å². The maximum absolute atomic E-state index is 3.73. The maximum Gasteiger partial charge on any atom is 0.00501 e. The van der Waals surface area contributed by atoms with Crippen molar-refractivity contribution < 1.29 is 0 Å². The van der Waals surface area contributed by atoms with Crippen LogP contribution in [-0.2, 0) is 0 Å². The smallest absolute Gasteiger partial charge is 0.00501 e. The molecule has 0 amide bonds. The van der Waals surface area contributed by atoms with E-state index in [2.05, 4.69) is 24.1 Å². The van der Waals surface area contributed by atoms with Crippen LogP contribution in [0.3, 0.4) is 0 Å². The van der Waals surface area contributed by atoms with Crippen LogP contribution in [0.5, 0.6) is 0 Å². The van der Waals surface area contributed by atoms with Crippen molar-refractivity contribution in [1.82, 2.24) is 10.2 Å². The van der Waals surface area contributed by atoms with Crippen LogP contribution in [0, 0.1) is 11.3 Å². The van der Waals surface area contributed by atoms with Gasteiger partial charge >= 0.3 is 0 Å². The fourth-order valence-electron chi connectivity index (χ4n) is 4.25. The molecule has 1 saturated carbocycles. The summed E-state index contributed by atoms with van der Waals surface area (Å²) in [6.07, 6.45) is 12.8. The fourth-order valence-corrected chi connectivity index (χ4v) is 4.25. The lowest BCUT2D eigenvalue weighted by Gasteiger charge is -2.43. The maximum atomic E-state index is 3.73. The van der Waals surface area contributed by atoms with E-state index >= 15 is 0 Å². The van der Waals surface area contributed by atoms with Crippen LogP contribution in [0.1, 0.15) is 71.6 Å². The van der Waals surface area contributed by atoms with E-state index in [1.807, 2.05) is 0 Å². The molecule has 0 aromatic carbocycles. The van der Waals surface area contributed by atoms with Crippen molar-refractivity contribution in [3.8, 4) is 0 Å². The highest BCUT2D eigenvalue weighted by Crippen LogP contribution is 2.37. The molecule has 2 heteroatoms. The molecule has 0 aromatic heterocycles. The van der Waals surface area contributed by atoms with Gasteiger partial charge in [0.25, 0.3) is 0 Å². The van der Waals surface area contributed by atoms with Crippen molar-refractivity contribution in [2.45, 2.75) is 71.6 Å². The Morgan fingerprint density at radius 3 is 2.35 bits per heavy atom. The second-order valence-electron chi connectivity index (χ2n) is 7.37. The third kappa shape index (κ3) is 4.73. The number of nitrogens with one attached hydrogen (secondary N) is 1. The second-order valence-corrected chi connectivity index (χ2v) is 7.37. The van der Waals surface area contributed by atoms with Gasteiger partial charge in [0.1, 0.15) is 0 Å². The summed E-state index contributed by atoms with van der Waals surface area (Å²) in [7, 11) is 0. The van der Waals surface area contributed by atoms with E-state index in [1.165, 1.54) is 90.5 Å². The van der Waals surface area contributed by atoms with Crippen molar-refractivity contribution in [2.24, 2.45) is 11.3 Å². The lowest BCUT2D eigenvalue weighted by atomic mass is 9.73. The molecule has 1 aliphatic heterocycles. The standard InChI is InChI=1S/C18H36N2/c1-3-12-19-15-18(10-6-5-7-11-18)16-20-13-8-17(4-2)9-14-20/h17,19H,3-16H2,1-2H3. The first-order valence-corrected chi connectivity index (χ1v) is 9.21. The topological polar surface area (TPSA) is 15.3 Å². The largest absolute Gasteiger partial charge is 0.316 e. The van der Waals surface area contributed by atoms with Crippen molar-refractivity contribution in [2.75, 3.05) is 32.7 Å². The predicted molar refractivity (Wildman–Crippen MR) is 88.1 cm³/mol. The van der Waals surface area contributed by atoms with Crippen molar-refractivity contribution in [3.05, 3.63) is 0 Å². The predicted octanol–water partition coefficient (Wildman–Crippen LogP) is 4.06. The van der Waals surface area contributed by atoms with Gasteiger partial charge in [-0.25, -0.2) is 0 Å². The van der Waals surface area contributed by atoms with Crippen molar-refractivity contribution in [1.29, 1.82) is 0 Å². The average molecular weight is 280 g/mol. The third-order valence-electron chi connectivity index (χ3n) is 5.68. The summed E-state index contributed by atoms with van der Waals surface area (Å²) in [5, 5.41) is 3.73. The van der Waals surface area contributed by atoms with Crippen molar-refractivity contribution in [3.63, 3.8) is 0 Å². The van der Waals surface area contributed by atoms with E-state index < -0.39 is 0 Å². The van der Waals surface area contributed by atoms with Crippen LogP contribution in [0.15, 0.2) is 0 Å². The Balaban J connectivity index is 1.83. The lowest BCUT2D eigenvalue weighted by molar-refractivity contribution is 0.0773. The Morgan fingerprint density at radius 1 is 1.05 bits per heavy atom. The number of likely N-dealkylation sites (tertiary alicyclic amines) is 1. The van der Waals surface area contributed by atoms with Crippen LogP contribution in [0.2, 0.25) is 0 Å². The van der Waals surface area contributed by atoms with Crippen LogP contribution in [-0.4, -0.2) is 37.6 Å². The highest BCUT2D eigenvalue weighted by Gasteiger charge is 2.34. The first-order chi connectivity index (χ1) is 9.78. The van der Waals surface area contributed by atoms with Gasteiger partial charge in [-0.2, -0.15) is 0 Å². The minimum absolute atomic E-state index is 0.590. The number of hydrogen-bond acceptors (Lipinski definition) is 2. The first-order valence-electron chi connectivity index (χ1n) is 9.21. The van der Waals surface area contributed by atoms with E-state index in [9.17, 15) is 0 Å². The molecule has 20 heavy (non-hydrogen) atoms. The van der Waals surface area contributed by atoms with Crippen molar-refractivity contribution >= 4 is 0 Å². The van der Waals surface area contributed by atoms with Gasteiger partial charge in [-0.05, 0) is 63.1 Å². The number of piperidine rings is 1. The summed E-state index contributed by atoms with van der Waals surface area (Å²) >= 11 is 0. The molecule has 1 saturated heterocycles. The summed E-state index contributed by atoms with van der Waals surface area (Å²) in [5.74, 6) is 1.01. The Morgan fingerprint density at radius 2 is 1.75 bits per heavy atom. The van der Waals surface area contributed by atoms with Gasteiger partial charge in [0, 0.05) is 13.1 Å². The monoisotopic (exact) mass is 280 g/mol. The van der Waals surface area contributed by atoms with Gasteiger partial charge in [0.15, 0.2) is 0 Å². The zero-order chi connectivity index (χ0) is 14.3. The number of hydrogen-bond donors (Lipinski definition) is 1. The van der Waals surface area contributed by atoms with Gasteiger partial charge < -0.3 is 10.2 Å². The zero-order valence-corrected chi connectivity index (χ0v) is 13.9. The molecular formula is C18H36N2. The van der Waals surface area contributed by atoms with Crippen LogP contribution in [0.4, 0.5) is 0 Å². The van der Waals surface area contributed by atoms with Gasteiger partial charge in [-0.3, -0.25) is 0 Å². The van der Waals surface area contributed by atoms with E-state index in [0.29, 0.717) is 5.41 Å². The summed E-state index contributed by atoms with van der Waals surface area (Å²) in [6.45, 7) is 11.2. The second kappa shape index (κ2) is 8.38. The summed E-state index contributed by atoms with van der Waals surface area (Å²) in [6, 6.07) is 0. The van der Waals surface area contributed by atoms with E-state index in [-0.39, 0.29) is 0 Å².